The Kier molecular flexibility index (Phi) is 6.18. The van der Waals surface area contributed by atoms with E-state index in [0.717, 1.165) is 61.7 Å². The number of pyridine rings is 2. The number of hydrogen-bond acceptors (Lipinski definition) is 8. The maximum atomic E-state index is 13.7. The smallest absolute Gasteiger partial charge is 0.356 e. The molecule has 3 aromatic heterocycles. The maximum absolute atomic E-state index is 13.7. The highest BCUT2D eigenvalue weighted by molar-refractivity contribution is 5.91. The summed E-state index contributed by atoms with van der Waals surface area (Å²) in [4.78, 5) is 41.4. The van der Waals surface area contributed by atoms with Crippen LogP contribution in [0.4, 0.5) is 11.5 Å². The largest absolute Gasteiger partial charge is 0.464 e. The fourth-order valence-corrected chi connectivity index (χ4v) is 8.10. The van der Waals surface area contributed by atoms with Gasteiger partial charge in [-0.15, -0.1) is 5.10 Å². The second-order valence-corrected chi connectivity index (χ2v) is 13.3. The summed E-state index contributed by atoms with van der Waals surface area (Å²) in [6, 6.07) is 18.5. The molecule has 4 fully saturated rings. The van der Waals surface area contributed by atoms with E-state index >= 15 is 0 Å². The molecule has 3 aliphatic heterocycles. The molecule has 0 N–H and O–H groups in total. The second kappa shape index (κ2) is 10.0. The third kappa shape index (κ3) is 4.33. The van der Waals surface area contributed by atoms with Gasteiger partial charge in [0.1, 0.15) is 5.82 Å². The van der Waals surface area contributed by atoms with Gasteiger partial charge in [-0.1, -0.05) is 36.4 Å². The molecule has 3 saturated heterocycles. The third-order valence-electron chi connectivity index (χ3n) is 10.7. The zero-order valence-corrected chi connectivity index (χ0v) is 25.3. The van der Waals surface area contributed by atoms with Crippen molar-refractivity contribution in [2.24, 2.45) is 10.8 Å². The molecule has 226 valence electrons. The van der Waals surface area contributed by atoms with Crippen LogP contribution >= 0.6 is 0 Å². The van der Waals surface area contributed by atoms with Crippen molar-refractivity contribution in [3.05, 3.63) is 83.4 Å². The minimum atomic E-state index is -0.440. The standard InChI is InChI=1S/C34H37N7O3/c1-23-17-25(40-21-34(22-40)12-11-26(34)24-7-4-3-5-8-24)18-41-30(23)36-29(37-41)31(42)39-16-14-33(20-39)13-15-38(19-33)28-10-6-9-27(35-28)32(43)44-2/h3-10,17-18,26H,11-16,19-22H2,1-2H3/t26-,33+/m0/s1. The molecule has 4 aliphatic rings. The molecule has 0 unspecified atom stereocenters. The molecule has 1 amide bonds. The van der Waals surface area contributed by atoms with Gasteiger partial charge in [-0.25, -0.2) is 19.3 Å². The highest BCUT2D eigenvalue weighted by Gasteiger charge is 2.55. The first-order chi connectivity index (χ1) is 21.4. The van der Waals surface area contributed by atoms with Crippen LogP contribution in [0.25, 0.3) is 5.65 Å². The highest BCUT2D eigenvalue weighted by Crippen LogP contribution is 2.58. The molecule has 0 radical (unpaired) electrons. The molecule has 10 heteroatoms. The van der Waals surface area contributed by atoms with E-state index in [0.29, 0.717) is 30.1 Å². The summed E-state index contributed by atoms with van der Waals surface area (Å²) in [5.74, 6) is 1.11. The first-order valence-corrected chi connectivity index (χ1v) is 15.6. The fraction of sp³-hybridized carbons (Fsp3) is 0.441. The van der Waals surface area contributed by atoms with Crippen molar-refractivity contribution in [3.8, 4) is 0 Å². The van der Waals surface area contributed by atoms with Gasteiger partial charge >= 0.3 is 5.97 Å². The first kappa shape index (κ1) is 27.1. The molecule has 2 atom stereocenters. The number of aryl methyl sites for hydroxylation is 1. The molecule has 1 aliphatic carbocycles. The van der Waals surface area contributed by atoms with Crippen LogP contribution < -0.4 is 9.80 Å². The van der Waals surface area contributed by atoms with Crippen molar-refractivity contribution in [1.82, 2.24) is 24.5 Å². The van der Waals surface area contributed by atoms with Gasteiger partial charge in [-0.2, -0.15) is 0 Å². The number of carbonyl (C=O) groups excluding carboxylic acids is 2. The molecule has 0 bridgehead atoms. The number of benzene rings is 1. The van der Waals surface area contributed by atoms with Crippen LogP contribution in [-0.4, -0.2) is 82.7 Å². The van der Waals surface area contributed by atoms with Crippen molar-refractivity contribution in [3.63, 3.8) is 0 Å². The number of likely N-dealkylation sites (tertiary alicyclic amines) is 1. The third-order valence-corrected chi connectivity index (χ3v) is 10.7. The zero-order valence-electron chi connectivity index (χ0n) is 25.3. The minimum Gasteiger partial charge on any atom is -0.464 e. The molecular formula is C34H37N7O3. The number of carbonyl (C=O) groups is 2. The Bertz CT molecular complexity index is 1770. The normalized spacial score (nSPS) is 23.8. The number of fused-ring (bicyclic) bond motifs is 1. The molecule has 4 aromatic rings. The van der Waals surface area contributed by atoms with E-state index in [1.54, 1.807) is 10.6 Å². The Labute approximate surface area is 256 Å². The predicted octanol–water partition coefficient (Wildman–Crippen LogP) is 4.35. The molecule has 6 heterocycles. The van der Waals surface area contributed by atoms with Crippen LogP contribution in [0.3, 0.4) is 0 Å². The Balaban J connectivity index is 0.946. The van der Waals surface area contributed by atoms with Crippen LogP contribution in [0.15, 0.2) is 60.8 Å². The molecule has 1 aromatic carbocycles. The van der Waals surface area contributed by atoms with Crippen molar-refractivity contribution in [1.29, 1.82) is 0 Å². The summed E-state index contributed by atoms with van der Waals surface area (Å²) in [5.41, 5.74) is 5.02. The van der Waals surface area contributed by atoms with Crippen LogP contribution in [0.2, 0.25) is 0 Å². The van der Waals surface area contributed by atoms with Gasteiger partial charge in [-0.05, 0) is 67.9 Å². The van der Waals surface area contributed by atoms with Gasteiger partial charge < -0.3 is 19.4 Å². The average Bonchev–Trinajstić information content (AvgIpc) is 3.75. The zero-order chi connectivity index (χ0) is 30.1. The summed E-state index contributed by atoms with van der Waals surface area (Å²) >= 11 is 0. The second-order valence-electron chi connectivity index (χ2n) is 13.3. The lowest BCUT2D eigenvalue weighted by Crippen LogP contribution is -2.63. The van der Waals surface area contributed by atoms with Crippen LogP contribution in [-0.2, 0) is 4.74 Å². The molecule has 2 spiro atoms. The lowest BCUT2D eigenvalue weighted by Gasteiger charge is -2.61. The van der Waals surface area contributed by atoms with E-state index in [2.05, 4.69) is 63.2 Å². The van der Waals surface area contributed by atoms with Gasteiger partial charge in [0.15, 0.2) is 11.3 Å². The number of nitrogens with zero attached hydrogens (tertiary/aromatic N) is 7. The van der Waals surface area contributed by atoms with Crippen molar-refractivity contribution in [2.75, 3.05) is 56.2 Å². The van der Waals surface area contributed by atoms with Crippen molar-refractivity contribution in [2.45, 2.75) is 38.5 Å². The summed E-state index contributed by atoms with van der Waals surface area (Å²) in [7, 11) is 1.36. The molecular weight excluding hydrogens is 554 g/mol. The predicted molar refractivity (Wildman–Crippen MR) is 166 cm³/mol. The van der Waals surface area contributed by atoms with Crippen molar-refractivity contribution >= 4 is 29.0 Å². The number of ether oxygens (including phenoxy) is 1. The lowest BCUT2D eigenvalue weighted by molar-refractivity contribution is 0.0520. The molecule has 10 nitrogen and oxygen atoms in total. The minimum absolute atomic E-state index is 0.00650. The summed E-state index contributed by atoms with van der Waals surface area (Å²) in [6.07, 6.45) is 6.45. The maximum Gasteiger partial charge on any atom is 0.356 e. The Morgan fingerprint density at radius 3 is 2.50 bits per heavy atom. The van der Waals surface area contributed by atoms with Gasteiger partial charge in [0, 0.05) is 50.1 Å². The summed E-state index contributed by atoms with van der Waals surface area (Å²) < 4.78 is 6.63. The fourth-order valence-electron chi connectivity index (χ4n) is 8.10. The van der Waals surface area contributed by atoms with Gasteiger partial charge in [0.2, 0.25) is 5.82 Å². The van der Waals surface area contributed by atoms with E-state index < -0.39 is 5.97 Å². The van der Waals surface area contributed by atoms with Crippen LogP contribution in [0.1, 0.15) is 63.8 Å². The highest BCUT2D eigenvalue weighted by atomic mass is 16.5. The van der Waals surface area contributed by atoms with E-state index in [1.165, 1.54) is 25.5 Å². The Morgan fingerprint density at radius 1 is 0.909 bits per heavy atom. The topological polar surface area (TPSA) is 96.2 Å². The molecule has 8 rings (SSSR count). The van der Waals surface area contributed by atoms with E-state index in [9.17, 15) is 9.59 Å². The summed E-state index contributed by atoms with van der Waals surface area (Å²) in [5, 5.41) is 4.69. The van der Waals surface area contributed by atoms with Crippen molar-refractivity contribution < 1.29 is 14.3 Å². The van der Waals surface area contributed by atoms with Gasteiger partial charge in [0.25, 0.3) is 5.91 Å². The monoisotopic (exact) mass is 591 g/mol. The van der Waals surface area contributed by atoms with Gasteiger partial charge in [0.05, 0.1) is 19.0 Å². The van der Waals surface area contributed by atoms with E-state index in [4.69, 9.17) is 9.72 Å². The Morgan fingerprint density at radius 2 is 1.73 bits per heavy atom. The quantitative estimate of drug-likeness (QED) is 0.316. The molecule has 1 saturated carbocycles. The number of anilines is 2. The number of aromatic nitrogens is 4. The summed E-state index contributed by atoms with van der Waals surface area (Å²) in [6.45, 7) is 7.11. The lowest BCUT2D eigenvalue weighted by atomic mass is 9.53. The number of amides is 1. The average molecular weight is 592 g/mol. The SMILES string of the molecule is COC(=O)c1cccc(N2CC[C@@]3(CCN(C(=O)c4nc5c(C)cc(N6CC7(CC[C@H]7c7ccccc7)C6)cn5n4)C3)C2)n1. The number of esters is 1. The van der Waals surface area contributed by atoms with Crippen LogP contribution in [0.5, 0.6) is 0 Å². The number of hydrogen-bond donors (Lipinski definition) is 0. The van der Waals surface area contributed by atoms with E-state index in [1.807, 2.05) is 23.2 Å². The van der Waals surface area contributed by atoms with Gasteiger partial charge in [-0.3, -0.25) is 4.79 Å². The van der Waals surface area contributed by atoms with E-state index in [-0.39, 0.29) is 17.1 Å². The Hall–Kier alpha value is -4.47. The number of methoxy groups -OCH3 is 1. The first-order valence-electron chi connectivity index (χ1n) is 15.6. The number of rotatable bonds is 5. The van der Waals surface area contributed by atoms with Crippen LogP contribution in [0, 0.1) is 17.8 Å². The molecule has 44 heavy (non-hydrogen) atoms.